The van der Waals surface area contributed by atoms with E-state index in [2.05, 4.69) is 31.2 Å². The molecule has 0 aliphatic heterocycles. The van der Waals surface area contributed by atoms with Gasteiger partial charge in [-0.15, -0.1) is 0 Å². The van der Waals surface area contributed by atoms with Gasteiger partial charge in [0.05, 0.1) is 11.9 Å². The van der Waals surface area contributed by atoms with Gasteiger partial charge in [-0.05, 0) is 46.6 Å². The number of hydrogen-bond acceptors (Lipinski definition) is 3. The number of nitrogens with one attached hydrogen (secondary N) is 1. The molecule has 92 valence electrons. The van der Waals surface area contributed by atoms with Crippen LogP contribution >= 0.6 is 15.9 Å². The largest absolute Gasteiger partial charge is 0.319 e. The fraction of sp³-hybridized carbons (Fsp3) is 0.0833. The molecule has 0 bridgehead atoms. The Bertz CT molecular complexity index is 604. The molecule has 0 aliphatic rings. The van der Waals surface area contributed by atoms with E-state index in [1.165, 1.54) is 24.4 Å². The maximum Gasteiger partial charge on any atom is 0.274 e. The van der Waals surface area contributed by atoms with Crippen LogP contribution in [0.15, 0.2) is 35.1 Å². The van der Waals surface area contributed by atoms with E-state index in [1.54, 1.807) is 6.07 Å². The molecule has 0 radical (unpaired) electrons. The number of amides is 1. The predicted octanol–water partition coefficient (Wildman–Crippen LogP) is 2.94. The molecule has 4 nitrogen and oxygen atoms in total. The van der Waals surface area contributed by atoms with Crippen molar-refractivity contribution >= 4 is 27.5 Å². The zero-order valence-corrected chi connectivity index (χ0v) is 11.0. The van der Waals surface area contributed by atoms with Gasteiger partial charge in [0.15, 0.2) is 0 Å². The van der Waals surface area contributed by atoms with Gasteiger partial charge in [-0.25, -0.2) is 9.97 Å². The van der Waals surface area contributed by atoms with E-state index in [0.717, 1.165) is 5.56 Å². The van der Waals surface area contributed by atoms with Crippen molar-refractivity contribution in [1.82, 2.24) is 9.97 Å². The van der Waals surface area contributed by atoms with Crippen molar-refractivity contribution in [3.63, 3.8) is 0 Å². The van der Waals surface area contributed by atoms with Crippen molar-refractivity contribution in [2.45, 2.75) is 6.92 Å². The maximum absolute atomic E-state index is 12.9. The van der Waals surface area contributed by atoms with Gasteiger partial charge in [0, 0.05) is 0 Å². The molecule has 0 fully saturated rings. The maximum atomic E-state index is 12.9. The Morgan fingerprint density at radius 2 is 2.22 bits per heavy atom. The fourth-order valence-electron chi connectivity index (χ4n) is 1.36. The molecule has 1 N–H and O–H groups in total. The van der Waals surface area contributed by atoms with E-state index in [4.69, 9.17) is 0 Å². The van der Waals surface area contributed by atoms with E-state index in [1.807, 2.05) is 6.92 Å². The molecule has 0 unspecified atom stereocenters. The van der Waals surface area contributed by atoms with E-state index >= 15 is 0 Å². The minimum absolute atomic E-state index is 0.0237. The predicted molar refractivity (Wildman–Crippen MR) is 68.8 cm³/mol. The lowest BCUT2D eigenvalue weighted by molar-refractivity contribution is 0.102. The third-order valence-electron chi connectivity index (χ3n) is 2.22. The van der Waals surface area contributed by atoms with Crippen molar-refractivity contribution < 1.29 is 9.18 Å². The number of aryl methyl sites for hydroxylation is 1. The summed E-state index contributed by atoms with van der Waals surface area (Å²) in [6.45, 7) is 1.85. The molecule has 2 aromatic heterocycles. The first-order valence-corrected chi connectivity index (χ1v) is 5.91. The zero-order chi connectivity index (χ0) is 13.1. The van der Waals surface area contributed by atoms with E-state index < -0.39 is 11.9 Å². The summed E-state index contributed by atoms with van der Waals surface area (Å²) in [6.07, 6.45) is 1.51. The normalized spacial score (nSPS) is 10.2. The van der Waals surface area contributed by atoms with Crippen molar-refractivity contribution in [1.29, 1.82) is 0 Å². The molecule has 2 rings (SSSR count). The Morgan fingerprint density at radius 3 is 2.89 bits per heavy atom. The summed E-state index contributed by atoms with van der Waals surface area (Å²) in [5.74, 6) is -1.16. The first kappa shape index (κ1) is 12.6. The Labute approximate surface area is 111 Å². The van der Waals surface area contributed by atoms with Crippen molar-refractivity contribution in [2.75, 3.05) is 5.32 Å². The minimum atomic E-state index is -0.687. The second-order valence-electron chi connectivity index (χ2n) is 3.63. The van der Waals surface area contributed by atoms with E-state index in [9.17, 15) is 9.18 Å². The van der Waals surface area contributed by atoms with Crippen LogP contribution in [0.3, 0.4) is 0 Å². The quantitative estimate of drug-likeness (QED) is 0.868. The van der Waals surface area contributed by atoms with Gasteiger partial charge in [0.2, 0.25) is 5.95 Å². The van der Waals surface area contributed by atoms with Crippen LogP contribution in [0.25, 0.3) is 0 Å². The van der Waals surface area contributed by atoms with Gasteiger partial charge in [-0.1, -0.05) is 6.07 Å². The van der Waals surface area contributed by atoms with Gasteiger partial charge in [-0.2, -0.15) is 4.39 Å². The molecule has 0 aliphatic carbocycles. The Hall–Kier alpha value is -1.82. The second-order valence-corrected chi connectivity index (χ2v) is 4.38. The van der Waals surface area contributed by atoms with E-state index in [0.29, 0.717) is 10.3 Å². The molecule has 0 saturated carbocycles. The summed E-state index contributed by atoms with van der Waals surface area (Å²) >= 11 is 3.26. The van der Waals surface area contributed by atoms with E-state index in [-0.39, 0.29) is 5.69 Å². The first-order valence-electron chi connectivity index (χ1n) is 5.12. The molecular weight excluding hydrogens is 301 g/mol. The minimum Gasteiger partial charge on any atom is -0.319 e. The highest BCUT2D eigenvalue weighted by molar-refractivity contribution is 9.10. The lowest BCUT2D eigenvalue weighted by Crippen LogP contribution is -2.14. The summed E-state index contributed by atoms with van der Waals surface area (Å²) in [5, 5.41) is 2.60. The Kier molecular flexibility index (Phi) is 3.66. The number of nitrogens with zero attached hydrogens (tertiary/aromatic N) is 2. The van der Waals surface area contributed by atoms with Gasteiger partial charge >= 0.3 is 0 Å². The highest BCUT2D eigenvalue weighted by Crippen LogP contribution is 2.17. The number of halogens is 2. The first-order chi connectivity index (χ1) is 8.56. The number of hydrogen-bond donors (Lipinski definition) is 1. The van der Waals surface area contributed by atoms with Crippen molar-refractivity contribution in [2.24, 2.45) is 0 Å². The molecule has 0 aromatic carbocycles. The Balaban J connectivity index is 2.18. The number of pyridine rings is 2. The van der Waals surface area contributed by atoms with Crippen LogP contribution in [-0.4, -0.2) is 15.9 Å². The monoisotopic (exact) mass is 309 g/mol. The SMILES string of the molecule is Cc1cc(NC(=O)c2cccc(F)n2)cnc1Br. The van der Waals surface area contributed by atoms with Gasteiger partial charge in [0.1, 0.15) is 10.3 Å². The standard InChI is InChI=1S/C12H9BrFN3O/c1-7-5-8(6-15-11(7)13)16-12(18)9-3-2-4-10(14)17-9/h2-6H,1H3,(H,16,18). The van der Waals surface area contributed by atoms with Crippen LogP contribution in [0.5, 0.6) is 0 Å². The van der Waals surface area contributed by atoms with Crippen LogP contribution in [0.2, 0.25) is 0 Å². The van der Waals surface area contributed by atoms with Gasteiger partial charge in [-0.3, -0.25) is 4.79 Å². The van der Waals surface area contributed by atoms with Gasteiger partial charge in [0.25, 0.3) is 5.91 Å². The average Bonchev–Trinajstić information content (AvgIpc) is 2.34. The molecule has 0 spiro atoms. The van der Waals surface area contributed by atoms with Crippen molar-refractivity contribution in [3.8, 4) is 0 Å². The van der Waals surface area contributed by atoms with Gasteiger partial charge < -0.3 is 5.32 Å². The molecule has 0 atom stereocenters. The zero-order valence-electron chi connectivity index (χ0n) is 9.45. The summed E-state index contributed by atoms with van der Waals surface area (Å²) in [4.78, 5) is 19.3. The summed E-state index contributed by atoms with van der Waals surface area (Å²) in [6, 6.07) is 5.82. The van der Waals surface area contributed by atoms with Crippen LogP contribution in [-0.2, 0) is 0 Å². The molecule has 1 amide bonds. The number of rotatable bonds is 2. The third kappa shape index (κ3) is 2.89. The lowest BCUT2D eigenvalue weighted by Gasteiger charge is -2.05. The number of carbonyl (C=O) groups excluding carboxylic acids is 1. The smallest absolute Gasteiger partial charge is 0.274 e. The number of aromatic nitrogens is 2. The third-order valence-corrected chi connectivity index (χ3v) is 3.05. The number of carbonyl (C=O) groups is 1. The molecule has 0 saturated heterocycles. The topological polar surface area (TPSA) is 54.9 Å². The molecule has 18 heavy (non-hydrogen) atoms. The average molecular weight is 310 g/mol. The van der Waals surface area contributed by atoms with Crippen LogP contribution < -0.4 is 5.32 Å². The summed E-state index contributed by atoms with van der Waals surface area (Å²) in [7, 11) is 0. The molecule has 2 aromatic rings. The molecular formula is C12H9BrFN3O. The fourth-order valence-corrected chi connectivity index (χ4v) is 1.57. The molecule has 6 heteroatoms. The highest BCUT2D eigenvalue weighted by atomic mass is 79.9. The van der Waals surface area contributed by atoms with Crippen molar-refractivity contribution in [3.05, 3.63) is 52.3 Å². The van der Waals surface area contributed by atoms with Crippen LogP contribution in [0.4, 0.5) is 10.1 Å². The highest BCUT2D eigenvalue weighted by Gasteiger charge is 2.09. The second kappa shape index (κ2) is 5.22. The lowest BCUT2D eigenvalue weighted by atomic mass is 10.3. The molecule has 2 heterocycles. The summed E-state index contributed by atoms with van der Waals surface area (Å²) in [5.41, 5.74) is 1.45. The van der Waals surface area contributed by atoms with Crippen LogP contribution in [0, 0.1) is 12.9 Å². The summed E-state index contributed by atoms with van der Waals surface area (Å²) < 4.78 is 13.6. The Morgan fingerprint density at radius 1 is 1.44 bits per heavy atom. The van der Waals surface area contributed by atoms with Crippen LogP contribution in [0.1, 0.15) is 16.1 Å². The number of anilines is 1.